The highest BCUT2D eigenvalue weighted by Crippen LogP contribution is 2.28. The van der Waals surface area contributed by atoms with Crippen LogP contribution in [0.2, 0.25) is 0 Å². The normalized spacial score (nSPS) is 10.2. The first kappa shape index (κ1) is 9.92. The lowest BCUT2D eigenvalue weighted by molar-refractivity contribution is 0.331. The minimum atomic E-state index is 0.577. The molecule has 78 valence electrons. The molecule has 1 aromatic heterocycles. The summed E-state index contributed by atoms with van der Waals surface area (Å²) >= 11 is 1.14. The highest BCUT2D eigenvalue weighted by Gasteiger charge is 2.11. The molecular formula is C10H11N3OS. The predicted molar refractivity (Wildman–Crippen MR) is 60.9 cm³/mol. The molecule has 0 saturated carbocycles. The van der Waals surface area contributed by atoms with Crippen LogP contribution in [0, 0.1) is 0 Å². The third-order valence-corrected chi connectivity index (χ3v) is 2.41. The lowest BCUT2D eigenvalue weighted by Gasteiger charge is -2.02. The van der Waals surface area contributed by atoms with Gasteiger partial charge in [0.25, 0.3) is 5.88 Å². The SMILES string of the molecule is CCOc1nsnc1-c1cccc(N)c1. The summed E-state index contributed by atoms with van der Waals surface area (Å²) in [5.41, 5.74) is 8.11. The average molecular weight is 221 g/mol. The molecule has 1 aromatic carbocycles. The number of hydrogen-bond donors (Lipinski definition) is 1. The van der Waals surface area contributed by atoms with Gasteiger partial charge in [0.15, 0.2) is 0 Å². The van der Waals surface area contributed by atoms with Gasteiger partial charge in [-0.1, -0.05) is 12.1 Å². The second-order valence-electron chi connectivity index (χ2n) is 2.98. The fourth-order valence-corrected chi connectivity index (χ4v) is 1.79. The number of nitrogens with zero attached hydrogens (tertiary/aromatic N) is 2. The quantitative estimate of drug-likeness (QED) is 0.807. The summed E-state index contributed by atoms with van der Waals surface area (Å²) in [5, 5.41) is 0. The van der Waals surface area contributed by atoms with Crippen molar-refractivity contribution in [3.05, 3.63) is 24.3 Å². The van der Waals surface area contributed by atoms with Gasteiger partial charge in [0.05, 0.1) is 18.3 Å². The van der Waals surface area contributed by atoms with Crippen LogP contribution < -0.4 is 10.5 Å². The first-order valence-corrected chi connectivity index (χ1v) is 5.35. The first-order valence-electron chi connectivity index (χ1n) is 4.62. The lowest BCUT2D eigenvalue weighted by Crippen LogP contribution is -1.94. The highest BCUT2D eigenvalue weighted by atomic mass is 32.1. The molecule has 0 saturated heterocycles. The maximum absolute atomic E-state index is 5.70. The summed E-state index contributed by atoms with van der Waals surface area (Å²) in [6.45, 7) is 2.50. The summed E-state index contributed by atoms with van der Waals surface area (Å²) in [6.07, 6.45) is 0. The van der Waals surface area contributed by atoms with Crippen LogP contribution in [0.1, 0.15) is 6.92 Å². The predicted octanol–water partition coefficient (Wildman–Crippen LogP) is 2.19. The van der Waals surface area contributed by atoms with E-state index in [9.17, 15) is 0 Å². The Labute approximate surface area is 92.0 Å². The van der Waals surface area contributed by atoms with Crippen molar-refractivity contribution in [2.24, 2.45) is 0 Å². The van der Waals surface area contributed by atoms with Crippen molar-refractivity contribution in [1.82, 2.24) is 8.75 Å². The van der Waals surface area contributed by atoms with Gasteiger partial charge in [-0.05, 0) is 19.1 Å². The number of nitrogens with two attached hydrogens (primary N) is 1. The van der Waals surface area contributed by atoms with E-state index in [1.54, 1.807) is 0 Å². The van der Waals surface area contributed by atoms with Crippen molar-refractivity contribution in [2.75, 3.05) is 12.3 Å². The smallest absolute Gasteiger partial charge is 0.253 e. The van der Waals surface area contributed by atoms with Crippen molar-refractivity contribution >= 4 is 17.4 Å². The summed E-state index contributed by atoms with van der Waals surface area (Å²) in [5.74, 6) is 0.577. The van der Waals surface area contributed by atoms with Gasteiger partial charge in [0.1, 0.15) is 5.69 Å². The molecule has 0 fully saturated rings. The minimum absolute atomic E-state index is 0.577. The van der Waals surface area contributed by atoms with E-state index in [1.165, 1.54) is 0 Å². The molecule has 0 aliphatic rings. The maximum atomic E-state index is 5.70. The van der Waals surface area contributed by atoms with Gasteiger partial charge in [-0.3, -0.25) is 0 Å². The van der Waals surface area contributed by atoms with Crippen molar-refractivity contribution in [2.45, 2.75) is 6.92 Å². The van der Waals surface area contributed by atoms with Crippen LogP contribution in [0.4, 0.5) is 5.69 Å². The Bertz CT molecular complexity index is 455. The Balaban J connectivity index is 2.40. The van der Waals surface area contributed by atoms with E-state index in [0.717, 1.165) is 23.0 Å². The van der Waals surface area contributed by atoms with E-state index in [0.29, 0.717) is 18.2 Å². The number of nitrogen functional groups attached to an aromatic ring is 1. The highest BCUT2D eigenvalue weighted by molar-refractivity contribution is 6.99. The number of rotatable bonds is 3. The van der Waals surface area contributed by atoms with Gasteiger partial charge in [-0.25, -0.2) is 0 Å². The number of hydrogen-bond acceptors (Lipinski definition) is 5. The lowest BCUT2D eigenvalue weighted by atomic mass is 10.1. The van der Waals surface area contributed by atoms with E-state index in [4.69, 9.17) is 10.5 Å². The fourth-order valence-electron chi connectivity index (χ4n) is 1.27. The molecule has 5 heteroatoms. The molecule has 15 heavy (non-hydrogen) atoms. The van der Waals surface area contributed by atoms with E-state index in [1.807, 2.05) is 31.2 Å². The third-order valence-electron chi connectivity index (χ3n) is 1.90. The molecule has 0 radical (unpaired) electrons. The standard InChI is InChI=1S/C10H11N3OS/c1-2-14-10-9(12-15-13-10)7-4-3-5-8(11)6-7/h3-6H,2,11H2,1H3. The zero-order valence-corrected chi connectivity index (χ0v) is 9.12. The summed E-state index contributed by atoms with van der Waals surface area (Å²) < 4.78 is 13.6. The van der Waals surface area contributed by atoms with Gasteiger partial charge >= 0.3 is 0 Å². The van der Waals surface area contributed by atoms with E-state index >= 15 is 0 Å². The summed E-state index contributed by atoms with van der Waals surface area (Å²) in [4.78, 5) is 0. The monoisotopic (exact) mass is 221 g/mol. The Hall–Kier alpha value is -1.62. The fraction of sp³-hybridized carbons (Fsp3) is 0.200. The maximum Gasteiger partial charge on any atom is 0.253 e. The van der Waals surface area contributed by atoms with Crippen molar-refractivity contribution in [3.63, 3.8) is 0 Å². The Morgan fingerprint density at radius 2 is 2.27 bits per heavy atom. The average Bonchev–Trinajstić information content (AvgIpc) is 2.66. The molecule has 0 bridgehead atoms. The second-order valence-corrected chi connectivity index (χ2v) is 3.50. The van der Waals surface area contributed by atoms with Gasteiger partial charge in [0.2, 0.25) is 0 Å². The zero-order chi connectivity index (χ0) is 10.7. The van der Waals surface area contributed by atoms with E-state index < -0.39 is 0 Å². The van der Waals surface area contributed by atoms with Gasteiger partial charge in [-0.15, -0.1) is 4.37 Å². The Morgan fingerprint density at radius 1 is 1.40 bits per heavy atom. The van der Waals surface area contributed by atoms with Crippen LogP contribution in [-0.4, -0.2) is 15.4 Å². The van der Waals surface area contributed by atoms with E-state index in [2.05, 4.69) is 8.75 Å². The van der Waals surface area contributed by atoms with Crippen LogP contribution in [0.15, 0.2) is 24.3 Å². The molecule has 0 spiro atoms. The zero-order valence-electron chi connectivity index (χ0n) is 8.30. The summed E-state index contributed by atoms with van der Waals surface area (Å²) in [7, 11) is 0. The number of benzene rings is 1. The van der Waals surface area contributed by atoms with Crippen LogP contribution in [0.3, 0.4) is 0 Å². The van der Waals surface area contributed by atoms with Crippen LogP contribution >= 0.6 is 11.7 Å². The van der Waals surface area contributed by atoms with Crippen molar-refractivity contribution < 1.29 is 4.74 Å². The molecule has 0 aliphatic carbocycles. The molecule has 1 heterocycles. The van der Waals surface area contributed by atoms with Crippen LogP contribution in [0.5, 0.6) is 5.88 Å². The molecule has 0 unspecified atom stereocenters. The number of anilines is 1. The molecular weight excluding hydrogens is 210 g/mol. The Kier molecular flexibility index (Phi) is 2.82. The molecule has 2 rings (SSSR count). The molecule has 2 N–H and O–H groups in total. The minimum Gasteiger partial charge on any atom is -0.476 e. The van der Waals surface area contributed by atoms with Crippen molar-refractivity contribution in [3.8, 4) is 17.1 Å². The Morgan fingerprint density at radius 3 is 3.00 bits per heavy atom. The van der Waals surface area contributed by atoms with Gasteiger partial charge < -0.3 is 10.5 Å². The largest absolute Gasteiger partial charge is 0.476 e. The molecule has 0 aliphatic heterocycles. The molecule has 0 amide bonds. The molecule has 0 atom stereocenters. The number of ether oxygens (including phenoxy) is 1. The number of aromatic nitrogens is 2. The van der Waals surface area contributed by atoms with Gasteiger partial charge in [0, 0.05) is 11.3 Å². The van der Waals surface area contributed by atoms with E-state index in [-0.39, 0.29) is 0 Å². The first-order chi connectivity index (χ1) is 7.31. The van der Waals surface area contributed by atoms with Crippen molar-refractivity contribution in [1.29, 1.82) is 0 Å². The van der Waals surface area contributed by atoms with Crippen LogP contribution in [-0.2, 0) is 0 Å². The molecule has 4 nitrogen and oxygen atoms in total. The van der Waals surface area contributed by atoms with Crippen LogP contribution in [0.25, 0.3) is 11.3 Å². The molecule has 2 aromatic rings. The van der Waals surface area contributed by atoms with Gasteiger partial charge in [-0.2, -0.15) is 4.37 Å². The summed E-state index contributed by atoms with van der Waals surface area (Å²) in [6, 6.07) is 7.53. The second kappa shape index (κ2) is 4.27. The third kappa shape index (κ3) is 2.07. The topological polar surface area (TPSA) is 61.0 Å².